The van der Waals surface area contributed by atoms with Crippen molar-refractivity contribution in [3.05, 3.63) is 58.4 Å². The van der Waals surface area contributed by atoms with Crippen LogP contribution >= 0.6 is 0 Å². The van der Waals surface area contributed by atoms with E-state index in [0.29, 0.717) is 29.2 Å². The van der Waals surface area contributed by atoms with Gasteiger partial charge in [0.2, 0.25) is 0 Å². The first-order valence-electron chi connectivity index (χ1n) is 7.30. The molecule has 0 aliphatic rings. The molecule has 5 heteroatoms. The van der Waals surface area contributed by atoms with Gasteiger partial charge in [0, 0.05) is 16.8 Å². The van der Waals surface area contributed by atoms with E-state index in [1.807, 2.05) is 31.2 Å². The zero-order valence-electron chi connectivity index (χ0n) is 13.3. The molecule has 1 heterocycles. The van der Waals surface area contributed by atoms with Crippen molar-refractivity contribution in [1.29, 1.82) is 0 Å². The second-order valence-electron chi connectivity index (χ2n) is 5.08. The quantitative estimate of drug-likeness (QED) is 0.655. The predicted octanol–water partition coefficient (Wildman–Crippen LogP) is 2.29. The second-order valence-corrected chi connectivity index (χ2v) is 5.08. The Balaban J connectivity index is 2.31. The monoisotopic (exact) mass is 312 g/mol. The largest absolute Gasteiger partial charge is 0.543 e. The smallest absolute Gasteiger partial charge is 0.187 e. The van der Waals surface area contributed by atoms with E-state index in [1.54, 1.807) is 19.9 Å². The van der Waals surface area contributed by atoms with Gasteiger partial charge in [-0.25, -0.2) is 0 Å². The Morgan fingerprint density at radius 1 is 1.26 bits per heavy atom. The highest BCUT2D eigenvalue weighted by atomic mass is 16.5. The van der Waals surface area contributed by atoms with E-state index in [9.17, 15) is 14.7 Å². The number of hydrogen-bond acceptors (Lipinski definition) is 4. The first kappa shape index (κ1) is 16.5. The Kier molecular flexibility index (Phi) is 5.01. The first-order valence-corrected chi connectivity index (χ1v) is 7.30. The summed E-state index contributed by atoms with van der Waals surface area (Å²) in [5, 5.41) is 11.0. The Morgan fingerprint density at radius 2 is 1.96 bits per heavy atom. The molecule has 0 aliphatic carbocycles. The maximum atomic E-state index is 12.4. The van der Waals surface area contributed by atoms with Crippen molar-refractivity contribution in [1.82, 2.24) is 4.98 Å². The molecule has 1 aromatic heterocycles. The summed E-state index contributed by atoms with van der Waals surface area (Å²) in [6.45, 7) is 5.67. The molecule has 0 unspecified atom stereocenters. The van der Waals surface area contributed by atoms with E-state index in [-0.39, 0.29) is 11.5 Å². The standard InChI is InChI=1S/C18H19NO4/c1-4-23-15-8-6-5-7-13(15)9-10-14(20)16-11(2)17(18(21)22)19-12(16)3/h5-10,19H,4H2,1-3H3,(H,21,22)/p-1/b10-9+. The molecule has 0 bridgehead atoms. The van der Waals surface area contributed by atoms with Crippen molar-refractivity contribution >= 4 is 17.8 Å². The molecular weight excluding hydrogens is 294 g/mol. The molecule has 0 amide bonds. The summed E-state index contributed by atoms with van der Waals surface area (Å²) in [4.78, 5) is 26.1. The molecule has 2 rings (SSSR count). The first-order chi connectivity index (χ1) is 11.0. The highest BCUT2D eigenvalue weighted by molar-refractivity contribution is 6.10. The average molecular weight is 312 g/mol. The molecule has 2 aromatic rings. The van der Waals surface area contributed by atoms with E-state index in [0.717, 1.165) is 5.56 Å². The number of ether oxygens (including phenoxy) is 1. The third-order valence-corrected chi connectivity index (χ3v) is 3.52. The van der Waals surface area contributed by atoms with Crippen LogP contribution in [-0.2, 0) is 0 Å². The van der Waals surface area contributed by atoms with Crippen LogP contribution in [0.4, 0.5) is 0 Å². The number of carbonyl (C=O) groups is 2. The number of hydrogen-bond donors (Lipinski definition) is 1. The molecule has 0 saturated heterocycles. The van der Waals surface area contributed by atoms with E-state index in [4.69, 9.17) is 4.74 Å². The summed E-state index contributed by atoms with van der Waals surface area (Å²) in [5.41, 5.74) is 1.97. The van der Waals surface area contributed by atoms with Crippen molar-refractivity contribution in [3.8, 4) is 5.75 Å². The van der Waals surface area contributed by atoms with Crippen LogP contribution in [0.2, 0.25) is 0 Å². The predicted molar refractivity (Wildman–Crippen MR) is 85.6 cm³/mol. The molecule has 0 atom stereocenters. The van der Waals surface area contributed by atoms with Gasteiger partial charge in [-0.15, -0.1) is 0 Å². The molecule has 0 radical (unpaired) electrons. The van der Waals surface area contributed by atoms with Crippen LogP contribution in [0.15, 0.2) is 30.3 Å². The minimum absolute atomic E-state index is 0.0611. The van der Waals surface area contributed by atoms with E-state index in [2.05, 4.69) is 4.98 Å². The Hall–Kier alpha value is -2.82. The minimum Gasteiger partial charge on any atom is -0.543 e. The van der Waals surface area contributed by atoms with Gasteiger partial charge in [-0.2, -0.15) is 0 Å². The highest BCUT2D eigenvalue weighted by Crippen LogP contribution is 2.22. The molecule has 120 valence electrons. The van der Waals surface area contributed by atoms with Crippen LogP contribution < -0.4 is 9.84 Å². The van der Waals surface area contributed by atoms with Crippen molar-refractivity contribution in [2.24, 2.45) is 0 Å². The molecule has 0 fully saturated rings. The van der Waals surface area contributed by atoms with E-state index in [1.165, 1.54) is 6.08 Å². The van der Waals surface area contributed by atoms with Gasteiger partial charge >= 0.3 is 0 Å². The number of carboxylic acids is 1. The molecule has 1 N–H and O–H groups in total. The van der Waals surface area contributed by atoms with Gasteiger partial charge in [0.05, 0.1) is 18.3 Å². The van der Waals surface area contributed by atoms with Crippen molar-refractivity contribution in [2.45, 2.75) is 20.8 Å². The summed E-state index contributed by atoms with van der Waals surface area (Å²) in [5.74, 6) is -0.901. The normalized spacial score (nSPS) is 10.9. The number of rotatable bonds is 6. The number of allylic oxidation sites excluding steroid dienone is 1. The SMILES string of the molecule is CCOc1ccccc1/C=C/C(=O)c1c(C)[nH]c(C(=O)[O-])c1C. The number of aromatic amines is 1. The number of nitrogens with one attached hydrogen (secondary N) is 1. The van der Waals surface area contributed by atoms with Crippen molar-refractivity contribution in [3.63, 3.8) is 0 Å². The lowest BCUT2D eigenvalue weighted by atomic mass is 10.0. The molecule has 0 aliphatic heterocycles. The number of aromatic nitrogens is 1. The number of carbonyl (C=O) groups excluding carboxylic acids is 2. The van der Waals surface area contributed by atoms with Gasteiger partial charge in [-0.3, -0.25) is 4.79 Å². The molecule has 0 saturated carbocycles. The Labute approximate surface area is 134 Å². The van der Waals surface area contributed by atoms with Gasteiger partial charge in [-0.1, -0.05) is 18.2 Å². The van der Waals surface area contributed by atoms with Crippen molar-refractivity contribution < 1.29 is 19.4 Å². The fourth-order valence-electron chi connectivity index (χ4n) is 2.48. The number of carboxylic acid groups (broad SMARTS) is 1. The second kappa shape index (κ2) is 6.96. The third kappa shape index (κ3) is 3.51. The molecule has 0 spiro atoms. The van der Waals surface area contributed by atoms with Crippen molar-refractivity contribution in [2.75, 3.05) is 6.61 Å². The summed E-state index contributed by atoms with van der Waals surface area (Å²) >= 11 is 0. The van der Waals surface area contributed by atoms with E-state index < -0.39 is 5.97 Å². The lowest BCUT2D eigenvalue weighted by molar-refractivity contribution is -0.255. The highest BCUT2D eigenvalue weighted by Gasteiger charge is 2.16. The van der Waals surface area contributed by atoms with Crippen LogP contribution in [0.1, 0.15) is 44.6 Å². The topological polar surface area (TPSA) is 82.2 Å². The third-order valence-electron chi connectivity index (χ3n) is 3.52. The number of benzene rings is 1. The fraction of sp³-hybridized carbons (Fsp3) is 0.222. The summed E-state index contributed by atoms with van der Waals surface area (Å²) in [6, 6.07) is 7.39. The van der Waals surface area contributed by atoms with Crippen LogP contribution in [0.25, 0.3) is 6.08 Å². The number of para-hydroxylation sites is 1. The fourth-order valence-corrected chi connectivity index (χ4v) is 2.48. The number of ketones is 1. The molecule has 1 aromatic carbocycles. The lowest BCUT2D eigenvalue weighted by Gasteiger charge is -2.06. The molecular formula is C18H18NO4-. The van der Waals surface area contributed by atoms with Crippen LogP contribution in [0, 0.1) is 13.8 Å². The number of H-pyrrole nitrogens is 1. The Bertz CT molecular complexity index is 771. The van der Waals surface area contributed by atoms with Crippen LogP contribution in [0.3, 0.4) is 0 Å². The average Bonchev–Trinajstić information content (AvgIpc) is 2.81. The Morgan fingerprint density at radius 3 is 2.57 bits per heavy atom. The summed E-state index contributed by atoms with van der Waals surface area (Å²) in [7, 11) is 0. The van der Waals surface area contributed by atoms with E-state index >= 15 is 0 Å². The lowest BCUT2D eigenvalue weighted by Crippen LogP contribution is -2.23. The number of aromatic carboxylic acids is 1. The van der Waals surface area contributed by atoms with Crippen LogP contribution in [0.5, 0.6) is 5.75 Å². The van der Waals surface area contributed by atoms with Gasteiger partial charge in [-0.05, 0) is 44.6 Å². The van der Waals surface area contributed by atoms with Gasteiger partial charge in [0.25, 0.3) is 0 Å². The zero-order valence-corrected chi connectivity index (χ0v) is 13.3. The van der Waals surface area contributed by atoms with Crippen LogP contribution in [-0.4, -0.2) is 23.3 Å². The van der Waals surface area contributed by atoms with Gasteiger partial charge in [0.15, 0.2) is 5.78 Å². The molecule has 5 nitrogen and oxygen atoms in total. The maximum Gasteiger partial charge on any atom is 0.187 e. The van der Waals surface area contributed by atoms with Gasteiger partial charge in [0.1, 0.15) is 5.75 Å². The zero-order chi connectivity index (χ0) is 17.0. The summed E-state index contributed by atoms with van der Waals surface area (Å²) in [6.07, 6.45) is 3.08. The minimum atomic E-state index is -1.32. The summed E-state index contributed by atoms with van der Waals surface area (Å²) < 4.78 is 5.50. The number of aryl methyl sites for hydroxylation is 1. The maximum absolute atomic E-state index is 12.4. The van der Waals surface area contributed by atoms with Gasteiger partial charge < -0.3 is 19.6 Å². The molecule has 23 heavy (non-hydrogen) atoms.